The van der Waals surface area contributed by atoms with Crippen LogP contribution in [0.15, 0.2) is 48.5 Å². The predicted octanol–water partition coefficient (Wildman–Crippen LogP) is 3.88. The maximum absolute atomic E-state index is 5.88. The monoisotopic (exact) mass is 333 g/mol. The standard InChI is InChI=1S/C20H23N5/c1-3-14-8-10-15(11-9-14)17-12-18(16-7-5-4-6-13(16)2)25-20(22-17)23-19(21)24-25/h4-11,17-18H,3,12H2,1-2H3,(H3,21,22,23,24)/t17-,18+/m1/s1. The first-order valence-corrected chi connectivity index (χ1v) is 8.78. The van der Waals surface area contributed by atoms with E-state index in [0.29, 0.717) is 5.95 Å². The summed E-state index contributed by atoms with van der Waals surface area (Å²) in [7, 11) is 0. The minimum absolute atomic E-state index is 0.123. The maximum Gasteiger partial charge on any atom is 0.241 e. The summed E-state index contributed by atoms with van der Waals surface area (Å²) in [5, 5.41) is 7.93. The van der Waals surface area contributed by atoms with Crippen LogP contribution in [0.2, 0.25) is 0 Å². The summed E-state index contributed by atoms with van der Waals surface area (Å²) in [6, 6.07) is 17.6. The molecular formula is C20H23N5. The van der Waals surface area contributed by atoms with Gasteiger partial charge in [0.25, 0.3) is 0 Å². The van der Waals surface area contributed by atoms with E-state index in [2.05, 4.69) is 77.8 Å². The van der Waals surface area contributed by atoms with Crippen molar-refractivity contribution in [2.75, 3.05) is 11.1 Å². The van der Waals surface area contributed by atoms with Gasteiger partial charge in [-0.3, -0.25) is 0 Å². The van der Waals surface area contributed by atoms with Gasteiger partial charge in [0.05, 0.1) is 12.1 Å². The fourth-order valence-corrected chi connectivity index (χ4v) is 3.62. The second kappa shape index (κ2) is 6.24. The number of hydrogen-bond donors (Lipinski definition) is 2. The molecule has 3 N–H and O–H groups in total. The molecule has 0 fully saturated rings. The van der Waals surface area contributed by atoms with Gasteiger partial charge in [-0.25, -0.2) is 4.68 Å². The fourth-order valence-electron chi connectivity index (χ4n) is 3.62. The van der Waals surface area contributed by atoms with Crippen LogP contribution < -0.4 is 11.1 Å². The Balaban J connectivity index is 1.74. The predicted molar refractivity (Wildman–Crippen MR) is 101 cm³/mol. The van der Waals surface area contributed by atoms with Crippen molar-refractivity contribution in [3.8, 4) is 0 Å². The van der Waals surface area contributed by atoms with E-state index in [1.54, 1.807) is 0 Å². The summed E-state index contributed by atoms with van der Waals surface area (Å²) in [4.78, 5) is 4.38. The van der Waals surface area contributed by atoms with Gasteiger partial charge >= 0.3 is 0 Å². The van der Waals surface area contributed by atoms with Gasteiger partial charge < -0.3 is 11.1 Å². The Kier molecular flexibility index (Phi) is 3.92. The van der Waals surface area contributed by atoms with E-state index in [9.17, 15) is 0 Å². The third-order valence-corrected chi connectivity index (χ3v) is 5.04. The molecule has 1 aliphatic heterocycles. The quantitative estimate of drug-likeness (QED) is 0.763. The summed E-state index contributed by atoms with van der Waals surface area (Å²) in [5.41, 5.74) is 11.0. The lowest BCUT2D eigenvalue weighted by molar-refractivity contribution is 0.430. The molecule has 2 aromatic carbocycles. The summed E-state index contributed by atoms with van der Waals surface area (Å²) in [5.74, 6) is 1.05. The molecule has 25 heavy (non-hydrogen) atoms. The van der Waals surface area contributed by atoms with Crippen LogP contribution in [0.25, 0.3) is 0 Å². The summed E-state index contributed by atoms with van der Waals surface area (Å²) >= 11 is 0. The molecule has 4 rings (SSSR count). The van der Waals surface area contributed by atoms with Crippen LogP contribution >= 0.6 is 0 Å². The number of rotatable bonds is 3. The van der Waals surface area contributed by atoms with Crippen LogP contribution in [0.4, 0.5) is 11.9 Å². The van der Waals surface area contributed by atoms with Gasteiger partial charge in [0.1, 0.15) is 0 Å². The minimum Gasteiger partial charge on any atom is -0.366 e. The van der Waals surface area contributed by atoms with E-state index in [4.69, 9.17) is 5.73 Å². The second-order valence-electron chi connectivity index (χ2n) is 6.64. The third kappa shape index (κ3) is 2.86. The van der Waals surface area contributed by atoms with Crippen LogP contribution in [-0.2, 0) is 6.42 Å². The fraction of sp³-hybridized carbons (Fsp3) is 0.300. The molecule has 128 valence electrons. The summed E-state index contributed by atoms with van der Waals surface area (Å²) in [6.07, 6.45) is 1.96. The number of aromatic nitrogens is 3. The van der Waals surface area contributed by atoms with Gasteiger partial charge in [0, 0.05) is 0 Å². The van der Waals surface area contributed by atoms with Crippen LogP contribution in [-0.4, -0.2) is 14.8 Å². The van der Waals surface area contributed by atoms with Crippen LogP contribution in [0, 0.1) is 6.92 Å². The van der Waals surface area contributed by atoms with E-state index in [0.717, 1.165) is 18.8 Å². The largest absolute Gasteiger partial charge is 0.366 e. The average molecular weight is 333 g/mol. The van der Waals surface area contributed by atoms with Crippen molar-refractivity contribution in [1.29, 1.82) is 0 Å². The van der Waals surface area contributed by atoms with Crippen molar-refractivity contribution in [2.24, 2.45) is 0 Å². The van der Waals surface area contributed by atoms with Crippen LogP contribution in [0.5, 0.6) is 0 Å². The zero-order valence-electron chi connectivity index (χ0n) is 14.6. The Morgan fingerprint density at radius 2 is 1.92 bits per heavy atom. The zero-order chi connectivity index (χ0) is 17.4. The van der Waals surface area contributed by atoms with Crippen molar-refractivity contribution in [2.45, 2.75) is 38.8 Å². The first-order chi connectivity index (χ1) is 12.2. The highest BCUT2D eigenvalue weighted by Gasteiger charge is 2.31. The maximum atomic E-state index is 5.88. The number of nitrogens with one attached hydrogen (secondary N) is 1. The first kappa shape index (κ1) is 15.7. The molecule has 5 heteroatoms. The highest BCUT2D eigenvalue weighted by atomic mass is 15.4. The molecule has 0 saturated heterocycles. The van der Waals surface area contributed by atoms with Gasteiger partial charge in [-0.05, 0) is 42.0 Å². The Morgan fingerprint density at radius 1 is 1.16 bits per heavy atom. The van der Waals surface area contributed by atoms with Gasteiger partial charge in [-0.15, -0.1) is 5.10 Å². The van der Waals surface area contributed by atoms with Crippen molar-refractivity contribution in [3.63, 3.8) is 0 Å². The van der Waals surface area contributed by atoms with E-state index >= 15 is 0 Å². The molecule has 0 aliphatic carbocycles. The zero-order valence-corrected chi connectivity index (χ0v) is 14.6. The highest BCUT2D eigenvalue weighted by molar-refractivity contribution is 5.43. The van der Waals surface area contributed by atoms with E-state index < -0.39 is 0 Å². The van der Waals surface area contributed by atoms with Gasteiger partial charge in [-0.2, -0.15) is 4.98 Å². The molecule has 3 aromatic rings. The lowest BCUT2D eigenvalue weighted by Crippen LogP contribution is -2.28. The third-order valence-electron chi connectivity index (χ3n) is 5.04. The molecule has 0 radical (unpaired) electrons. The number of benzene rings is 2. The van der Waals surface area contributed by atoms with Gasteiger partial charge in [0.15, 0.2) is 0 Å². The molecule has 5 nitrogen and oxygen atoms in total. The number of fused-ring (bicyclic) bond motifs is 1. The number of hydrogen-bond acceptors (Lipinski definition) is 4. The number of nitrogen functional groups attached to an aromatic ring is 1. The Labute approximate surface area is 147 Å². The molecule has 0 unspecified atom stereocenters. The first-order valence-electron chi connectivity index (χ1n) is 8.78. The highest BCUT2D eigenvalue weighted by Crippen LogP contribution is 2.38. The van der Waals surface area contributed by atoms with E-state index in [1.807, 2.05) is 4.68 Å². The molecule has 2 heterocycles. The molecule has 0 amide bonds. The summed E-state index contributed by atoms with van der Waals surface area (Å²) < 4.78 is 1.93. The minimum atomic E-state index is 0.123. The lowest BCUT2D eigenvalue weighted by atomic mass is 9.91. The molecule has 0 saturated carbocycles. The normalized spacial score (nSPS) is 19.3. The second-order valence-corrected chi connectivity index (χ2v) is 6.64. The smallest absolute Gasteiger partial charge is 0.241 e. The molecule has 0 spiro atoms. The number of nitrogens with two attached hydrogens (primary N) is 1. The molecule has 1 aliphatic rings. The molecule has 0 bridgehead atoms. The van der Waals surface area contributed by atoms with Gasteiger partial charge in [0.2, 0.25) is 11.9 Å². The average Bonchev–Trinajstić information content (AvgIpc) is 3.01. The summed E-state index contributed by atoms with van der Waals surface area (Å²) in [6.45, 7) is 4.32. The number of anilines is 2. The SMILES string of the molecule is CCc1ccc([C@H]2C[C@@H](c3ccccc3C)n3nc(N)nc3N2)cc1. The topological polar surface area (TPSA) is 68.8 Å². The number of nitrogens with zero attached hydrogens (tertiary/aromatic N) is 3. The van der Waals surface area contributed by atoms with Gasteiger partial charge in [-0.1, -0.05) is 55.5 Å². The van der Waals surface area contributed by atoms with Crippen LogP contribution in [0.3, 0.4) is 0 Å². The molecular weight excluding hydrogens is 310 g/mol. The van der Waals surface area contributed by atoms with E-state index in [1.165, 1.54) is 22.3 Å². The molecule has 1 aromatic heterocycles. The number of aryl methyl sites for hydroxylation is 2. The van der Waals surface area contributed by atoms with Crippen molar-refractivity contribution in [3.05, 3.63) is 70.8 Å². The Morgan fingerprint density at radius 3 is 2.64 bits per heavy atom. The van der Waals surface area contributed by atoms with Crippen molar-refractivity contribution >= 4 is 11.9 Å². The van der Waals surface area contributed by atoms with Crippen LogP contribution in [0.1, 0.15) is 47.7 Å². The Hall–Kier alpha value is -2.82. The molecule has 2 atom stereocenters. The van der Waals surface area contributed by atoms with Crippen molar-refractivity contribution < 1.29 is 0 Å². The van der Waals surface area contributed by atoms with Crippen molar-refractivity contribution in [1.82, 2.24) is 14.8 Å². The van der Waals surface area contributed by atoms with E-state index in [-0.39, 0.29) is 12.1 Å². The Bertz CT molecular complexity index is 881. The lowest BCUT2D eigenvalue weighted by Gasteiger charge is -2.32.